The minimum absolute atomic E-state index is 0.0682. The molecule has 0 aromatic heterocycles. The summed E-state index contributed by atoms with van der Waals surface area (Å²) in [6, 6.07) is 3.03. The lowest BCUT2D eigenvalue weighted by Gasteiger charge is -2.33. The van der Waals surface area contributed by atoms with Crippen LogP contribution in [-0.2, 0) is 9.59 Å². The number of likely N-dealkylation sites (tertiary alicyclic amines) is 1. The van der Waals surface area contributed by atoms with Crippen LogP contribution in [0.2, 0.25) is 15.1 Å². The Morgan fingerprint density at radius 1 is 1.17 bits per heavy atom. The van der Waals surface area contributed by atoms with Crippen LogP contribution in [0.25, 0.3) is 0 Å². The van der Waals surface area contributed by atoms with Crippen LogP contribution in [0.5, 0.6) is 0 Å². The number of hydrogen-bond acceptors (Lipinski definition) is 2. The van der Waals surface area contributed by atoms with Gasteiger partial charge in [0.2, 0.25) is 11.8 Å². The molecule has 0 spiro atoms. The maximum atomic E-state index is 12.5. The molecule has 0 unspecified atom stereocenters. The summed E-state index contributed by atoms with van der Waals surface area (Å²) in [6.45, 7) is 4.86. The number of benzene rings is 1. The minimum atomic E-state index is -0.253. The van der Waals surface area contributed by atoms with Gasteiger partial charge >= 0.3 is 0 Å². The Kier molecular flexibility index (Phi) is 6.18. The first-order valence-electron chi connectivity index (χ1n) is 7.53. The third-order valence-electron chi connectivity index (χ3n) is 3.87. The molecule has 1 atom stereocenters. The Morgan fingerprint density at radius 2 is 1.83 bits per heavy atom. The number of carbonyl (C=O) groups is 2. The van der Waals surface area contributed by atoms with Gasteiger partial charge in [0, 0.05) is 19.0 Å². The van der Waals surface area contributed by atoms with E-state index in [1.807, 2.05) is 13.8 Å². The number of hydrogen-bond donors (Lipinski definition) is 1. The van der Waals surface area contributed by atoms with E-state index in [9.17, 15) is 9.59 Å². The largest absolute Gasteiger partial charge is 0.342 e. The van der Waals surface area contributed by atoms with Gasteiger partial charge in [0.05, 0.1) is 26.7 Å². The molecule has 1 aromatic rings. The van der Waals surface area contributed by atoms with Gasteiger partial charge in [-0.25, -0.2) is 0 Å². The Morgan fingerprint density at radius 3 is 2.48 bits per heavy atom. The lowest BCUT2D eigenvalue weighted by atomic mass is 9.96. The van der Waals surface area contributed by atoms with Crippen LogP contribution in [0.1, 0.15) is 26.7 Å². The summed E-state index contributed by atoms with van der Waals surface area (Å²) in [5, 5.41) is 3.78. The van der Waals surface area contributed by atoms with Crippen molar-refractivity contribution in [3.8, 4) is 0 Å². The molecule has 1 aliphatic rings. The first-order valence-corrected chi connectivity index (χ1v) is 8.67. The monoisotopic (exact) mass is 376 g/mol. The van der Waals surface area contributed by atoms with Crippen molar-refractivity contribution >= 4 is 52.3 Å². The molecule has 1 fully saturated rings. The normalized spacial score (nSPS) is 18.2. The predicted octanol–water partition coefficient (Wildman–Crippen LogP) is 4.48. The van der Waals surface area contributed by atoms with Crippen molar-refractivity contribution in [1.82, 2.24) is 4.90 Å². The van der Waals surface area contributed by atoms with E-state index in [1.165, 1.54) is 12.1 Å². The van der Waals surface area contributed by atoms with Crippen LogP contribution < -0.4 is 5.32 Å². The van der Waals surface area contributed by atoms with Crippen molar-refractivity contribution in [1.29, 1.82) is 0 Å². The smallest absolute Gasteiger partial charge is 0.229 e. The maximum Gasteiger partial charge on any atom is 0.229 e. The van der Waals surface area contributed by atoms with E-state index in [0.717, 1.165) is 12.8 Å². The molecule has 2 rings (SSSR count). The average Bonchev–Trinajstić information content (AvgIpc) is 2.51. The van der Waals surface area contributed by atoms with E-state index in [-0.39, 0.29) is 23.7 Å². The Balaban J connectivity index is 2.06. The maximum absolute atomic E-state index is 12.5. The van der Waals surface area contributed by atoms with E-state index in [1.54, 1.807) is 4.90 Å². The molecule has 1 aromatic carbocycles. The minimum Gasteiger partial charge on any atom is -0.342 e. The lowest BCUT2D eigenvalue weighted by molar-refractivity contribution is -0.137. The highest BCUT2D eigenvalue weighted by Crippen LogP contribution is 2.33. The van der Waals surface area contributed by atoms with Gasteiger partial charge in [0.1, 0.15) is 0 Å². The van der Waals surface area contributed by atoms with Crippen LogP contribution in [0.3, 0.4) is 0 Å². The van der Waals surface area contributed by atoms with E-state index >= 15 is 0 Å². The quantitative estimate of drug-likeness (QED) is 0.790. The highest BCUT2D eigenvalue weighted by atomic mass is 35.5. The predicted molar refractivity (Wildman–Crippen MR) is 94.2 cm³/mol. The van der Waals surface area contributed by atoms with Crippen LogP contribution in [0, 0.1) is 11.8 Å². The third-order valence-corrected chi connectivity index (χ3v) is 4.90. The second-order valence-electron chi connectivity index (χ2n) is 6.01. The summed E-state index contributed by atoms with van der Waals surface area (Å²) in [5.74, 6) is -0.403. The summed E-state index contributed by atoms with van der Waals surface area (Å²) in [5.41, 5.74) is 0.429. The van der Waals surface area contributed by atoms with Crippen molar-refractivity contribution in [2.45, 2.75) is 26.7 Å². The Labute approximate surface area is 151 Å². The SMILES string of the molecule is CC(C)C(=O)N1CCC[C@H](C(=O)Nc2cc(Cl)c(Cl)cc2Cl)C1. The van der Waals surface area contributed by atoms with Gasteiger partial charge in [-0.1, -0.05) is 48.7 Å². The van der Waals surface area contributed by atoms with Crippen molar-refractivity contribution in [3.05, 3.63) is 27.2 Å². The zero-order valence-corrected chi connectivity index (χ0v) is 15.3. The molecule has 7 heteroatoms. The highest BCUT2D eigenvalue weighted by Gasteiger charge is 2.29. The molecule has 23 heavy (non-hydrogen) atoms. The molecule has 0 bridgehead atoms. The molecular formula is C16H19Cl3N2O2. The fourth-order valence-corrected chi connectivity index (χ4v) is 3.20. The molecule has 4 nitrogen and oxygen atoms in total. The number of amides is 2. The van der Waals surface area contributed by atoms with E-state index in [4.69, 9.17) is 34.8 Å². The van der Waals surface area contributed by atoms with Gasteiger partial charge < -0.3 is 10.2 Å². The van der Waals surface area contributed by atoms with Crippen molar-refractivity contribution in [2.24, 2.45) is 11.8 Å². The molecule has 1 N–H and O–H groups in total. The topological polar surface area (TPSA) is 49.4 Å². The molecule has 0 radical (unpaired) electrons. The molecular weight excluding hydrogens is 359 g/mol. The fourth-order valence-electron chi connectivity index (χ4n) is 2.61. The Hall–Kier alpha value is -0.970. The fraction of sp³-hybridized carbons (Fsp3) is 0.500. The highest BCUT2D eigenvalue weighted by molar-refractivity contribution is 6.44. The van der Waals surface area contributed by atoms with Crippen LogP contribution in [-0.4, -0.2) is 29.8 Å². The average molecular weight is 378 g/mol. The van der Waals surface area contributed by atoms with Gasteiger partial charge in [-0.3, -0.25) is 9.59 Å². The second-order valence-corrected chi connectivity index (χ2v) is 7.24. The summed E-state index contributed by atoms with van der Waals surface area (Å²) in [7, 11) is 0. The lowest BCUT2D eigenvalue weighted by Crippen LogP contribution is -2.45. The standard InChI is InChI=1S/C16H19Cl3N2O2/c1-9(2)16(23)21-5-3-4-10(8-21)15(22)20-14-7-12(18)11(17)6-13(14)19/h6-7,9-10H,3-5,8H2,1-2H3,(H,20,22)/t10-/m0/s1. The molecule has 0 saturated carbocycles. The second kappa shape index (κ2) is 7.73. The van der Waals surface area contributed by atoms with Crippen molar-refractivity contribution < 1.29 is 9.59 Å². The zero-order chi connectivity index (χ0) is 17.1. The van der Waals surface area contributed by atoms with Crippen LogP contribution in [0.15, 0.2) is 12.1 Å². The van der Waals surface area contributed by atoms with Gasteiger partial charge in [0.15, 0.2) is 0 Å². The van der Waals surface area contributed by atoms with Gasteiger partial charge in [-0.05, 0) is 25.0 Å². The molecule has 1 heterocycles. The third kappa shape index (κ3) is 4.52. The van der Waals surface area contributed by atoms with Crippen molar-refractivity contribution in [3.63, 3.8) is 0 Å². The van der Waals surface area contributed by atoms with Crippen LogP contribution >= 0.6 is 34.8 Å². The number of carbonyl (C=O) groups excluding carboxylic acids is 2. The number of rotatable bonds is 3. The zero-order valence-electron chi connectivity index (χ0n) is 13.0. The number of anilines is 1. The Bertz CT molecular complexity index is 620. The summed E-state index contributed by atoms with van der Waals surface area (Å²) < 4.78 is 0. The summed E-state index contributed by atoms with van der Waals surface area (Å²) in [6.07, 6.45) is 1.55. The first kappa shape index (κ1) is 18.4. The van der Waals surface area contributed by atoms with Crippen molar-refractivity contribution in [2.75, 3.05) is 18.4 Å². The van der Waals surface area contributed by atoms with Crippen LogP contribution in [0.4, 0.5) is 5.69 Å². The number of nitrogens with one attached hydrogen (secondary N) is 1. The summed E-state index contributed by atoms with van der Waals surface area (Å²) >= 11 is 17.9. The van der Waals surface area contributed by atoms with Gasteiger partial charge in [-0.2, -0.15) is 0 Å². The van der Waals surface area contributed by atoms with Gasteiger partial charge in [-0.15, -0.1) is 0 Å². The van der Waals surface area contributed by atoms with Gasteiger partial charge in [0.25, 0.3) is 0 Å². The number of piperidine rings is 1. The van der Waals surface area contributed by atoms with E-state index in [0.29, 0.717) is 33.8 Å². The first-order chi connectivity index (χ1) is 10.8. The molecule has 2 amide bonds. The van der Waals surface area contributed by atoms with E-state index < -0.39 is 0 Å². The molecule has 126 valence electrons. The molecule has 1 saturated heterocycles. The number of nitrogens with zero attached hydrogens (tertiary/aromatic N) is 1. The van der Waals surface area contributed by atoms with E-state index in [2.05, 4.69) is 5.32 Å². The molecule has 0 aliphatic carbocycles. The molecule has 1 aliphatic heterocycles. The summed E-state index contributed by atoms with van der Waals surface area (Å²) in [4.78, 5) is 26.3. The number of halogens is 3.